The van der Waals surface area contributed by atoms with Crippen LogP contribution in [-0.2, 0) is 31.1 Å². The minimum Gasteiger partial charge on any atom is -0.507 e. The monoisotopic (exact) mass is 739 g/mol. The van der Waals surface area contributed by atoms with E-state index in [9.17, 15) is 19.5 Å². The number of piperidine rings is 1. The summed E-state index contributed by atoms with van der Waals surface area (Å²) in [6, 6.07) is 31.8. The molecular weight excluding hydrogens is 698 g/mol. The van der Waals surface area contributed by atoms with Crippen LogP contribution >= 0.6 is 11.6 Å². The number of nitrogens with zero attached hydrogens (tertiary/aromatic N) is 3. The van der Waals surface area contributed by atoms with E-state index in [1.54, 1.807) is 29.2 Å². The van der Waals surface area contributed by atoms with Crippen molar-refractivity contribution in [1.29, 1.82) is 0 Å². The Bertz CT molecular complexity index is 2200. The molecule has 8 nitrogen and oxygen atoms in total. The molecule has 9 rings (SSSR count). The first-order chi connectivity index (χ1) is 26.2. The highest BCUT2D eigenvalue weighted by Gasteiger charge is 2.70. The van der Waals surface area contributed by atoms with Crippen LogP contribution < -0.4 is 4.90 Å². The van der Waals surface area contributed by atoms with Crippen LogP contribution in [0.4, 0.5) is 5.69 Å². The fourth-order valence-corrected chi connectivity index (χ4v) is 10.7. The number of rotatable bonds is 6. The molecule has 0 aromatic heterocycles. The summed E-state index contributed by atoms with van der Waals surface area (Å²) in [5.74, 6) is -4.35. The van der Waals surface area contributed by atoms with Gasteiger partial charge < -0.3 is 5.11 Å². The van der Waals surface area contributed by atoms with Crippen molar-refractivity contribution < 1.29 is 24.3 Å². The number of anilines is 1. The quantitative estimate of drug-likeness (QED) is 0.166. The number of para-hydroxylation sites is 1. The van der Waals surface area contributed by atoms with E-state index in [0.717, 1.165) is 25.2 Å². The van der Waals surface area contributed by atoms with E-state index in [1.807, 2.05) is 73.7 Å². The molecule has 4 aromatic rings. The summed E-state index contributed by atoms with van der Waals surface area (Å²) in [6.07, 6.45) is 4.03. The zero-order valence-corrected chi connectivity index (χ0v) is 30.9. The third kappa shape index (κ3) is 5.21. The van der Waals surface area contributed by atoms with Gasteiger partial charge in [-0.25, -0.2) is 4.90 Å². The lowest BCUT2D eigenvalue weighted by molar-refractivity contribution is -0.144. The molecule has 0 spiro atoms. The fourth-order valence-electron chi connectivity index (χ4n) is 10.6. The van der Waals surface area contributed by atoms with Gasteiger partial charge in [0.05, 0.1) is 28.9 Å². The number of hydrogen-bond donors (Lipinski definition) is 1. The first-order valence-corrected chi connectivity index (χ1v) is 19.4. The molecule has 1 saturated carbocycles. The molecule has 6 atom stereocenters. The van der Waals surface area contributed by atoms with Crippen LogP contribution in [0.15, 0.2) is 115 Å². The SMILES string of the molecule is Cc1cccc([C@H]2C3=CC[C@@H]4C(=O)N(C5CCN(Cc6ccccc6)CC5)C(=O)[C@@H]4[C@@H]3C[C@H]3C(=O)N(c4cccc(Cl)c4)C(=O)[C@@]23c2ccccc2)c1O. The molecule has 9 heteroatoms. The number of carbonyl (C=O) groups excluding carboxylic acids is 4. The van der Waals surface area contributed by atoms with Crippen LogP contribution in [0.1, 0.15) is 53.9 Å². The minimum absolute atomic E-state index is 0.0550. The molecular formula is C45H42ClN3O5. The number of aryl methyl sites for hydroxylation is 1. The summed E-state index contributed by atoms with van der Waals surface area (Å²) in [4.78, 5) is 64.7. The van der Waals surface area contributed by atoms with Crippen molar-refractivity contribution >= 4 is 40.9 Å². The van der Waals surface area contributed by atoms with Crippen LogP contribution in [0.2, 0.25) is 5.02 Å². The maximum atomic E-state index is 15.4. The Labute approximate surface area is 320 Å². The second-order valence-corrected chi connectivity index (χ2v) is 16.1. The Balaban J connectivity index is 1.13. The smallest absolute Gasteiger partial charge is 0.246 e. The Kier molecular flexibility index (Phi) is 8.58. The van der Waals surface area contributed by atoms with Gasteiger partial charge in [0.25, 0.3) is 0 Å². The maximum absolute atomic E-state index is 15.4. The summed E-state index contributed by atoms with van der Waals surface area (Å²) in [6.45, 7) is 4.21. The van der Waals surface area contributed by atoms with Gasteiger partial charge in [0, 0.05) is 42.2 Å². The Morgan fingerprint density at radius 3 is 2.22 bits per heavy atom. The van der Waals surface area contributed by atoms with Crippen LogP contribution in [0.5, 0.6) is 5.75 Å². The predicted molar refractivity (Wildman–Crippen MR) is 206 cm³/mol. The average Bonchev–Trinajstić information content (AvgIpc) is 3.58. The highest BCUT2D eigenvalue weighted by molar-refractivity contribution is 6.32. The molecule has 2 aliphatic carbocycles. The zero-order chi connectivity index (χ0) is 37.3. The molecule has 3 aliphatic heterocycles. The zero-order valence-electron chi connectivity index (χ0n) is 30.1. The molecule has 5 aliphatic rings. The van der Waals surface area contributed by atoms with Gasteiger partial charge in [-0.05, 0) is 73.4 Å². The maximum Gasteiger partial charge on any atom is 0.246 e. The van der Waals surface area contributed by atoms with E-state index in [1.165, 1.54) is 10.5 Å². The Morgan fingerprint density at radius 2 is 1.50 bits per heavy atom. The molecule has 54 heavy (non-hydrogen) atoms. The van der Waals surface area contributed by atoms with Gasteiger partial charge >= 0.3 is 0 Å². The normalized spacial score (nSPS) is 28.6. The number of allylic oxidation sites excluding steroid dienone is 2. The van der Waals surface area contributed by atoms with Gasteiger partial charge in [-0.1, -0.05) is 108 Å². The molecule has 274 valence electrons. The number of halogens is 1. The van der Waals surface area contributed by atoms with Crippen LogP contribution in [0, 0.1) is 30.6 Å². The van der Waals surface area contributed by atoms with E-state index in [4.69, 9.17) is 11.6 Å². The number of aromatic hydroxyl groups is 1. The lowest BCUT2D eigenvalue weighted by Crippen LogP contribution is -2.53. The van der Waals surface area contributed by atoms with Crippen LogP contribution in [0.3, 0.4) is 0 Å². The number of hydrogen-bond acceptors (Lipinski definition) is 6. The van der Waals surface area contributed by atoms with Crippen molar-refractivity contribution in [2.24, 2.45) is 23.7 Å². The topological polar surface area (TPSA) is 98.2 Å². The van der Waals surface area contributed by atoms with E-state index in [2.05, 4.69) is 23.1 Å². The number of imide groups is 2. The average molecular weight is 740 g/mol. The highest BCUT2D eigenvalue weighted by atomic mass is 35.5. The van der Waals surface area contributed by atoms with Crippen molar-refractivity contribution in [1.82, 2.24) is 9.80 Å². The third-order valence-corrected chi connectivity index (χ3v) is 13.2. The summed E-state index contributed by atoms with van der Waals surface area (Å²) < 4.78 is 0. The number of phenolic OH excluding ortho intramolecular Hbond substituents is 1. The number of likely N-dealkylation sites (tertiary alicyclic amines) is 2. The van der Waals surface area contributed by atoms with Crippen molar-refractivity contribution in [3.05, 3.63) is 142 Å². The number of phenols is 1. The van der Waals surface area contributed by atoms with E-state index < -0.39 is 40.9 Å². The molecule has 4 amide bonds. The second kappa shape index (κ2) is 13.4. The highest BCUT2D eigenvalue weighted by Crippen LogP contribution is 2.65. The number of benzene rings is 4. The molecule has 1 N–H and O–H groups in total. The van der Waals surface area contributed by atoms with Crippen molar-refractivity contribution in [2.45, 2.75) is 56.5 Å². The second-order valence-electron chi connectivity index (χ2n) is 15.6. The van der Waals surface area contributed by atoms with Gasteiger partial charge in [-0.2, -0.15) is 0 Å². The van der Waals surface area contributed by atoms with E-state index in [-0.39, 0.29) is 35.9 Å². The van der Waals surface area contributed by atoms with Gasteiger partial charge in [0.15, 0.2) is 0 Å². The molecule has 3 heterocycles. The lowest BCUT2D eigenvalue weighted by atomic mass is 9.49. The largest absolute Gasteiger partial charge is 0.507 e. The molecule has 4 fully saturated rings. The fraction of sp³-hybridized carbons (Fsp3) is 0.333. The van der Waals surface area contributed by atoms with Gasteiger partial charge in [-0.15, -0.1) is 0 Å². The van der Waals surface area contributed by atoms with Crippen LogP contribution in [0.25, 0.3) is 0 Å². The number of carbonyl (C=O) groups is 4. The number of amides is 4. The summed E-state index contributed by atoms with van der Waals surface area (Å²) in [5, 5.41) is 12.2. The number of fused-ring (bicyclic) bond motifs is 4. The van der Waals surface area contributed by atoms with Crippen LogP contribution in [-0.4, -0.2) is 57.7 Å². The Morgan fingerprint density at radius 1 is 0.796 bits per heavy atom. The van der Waals surface area contributed by atoms with Crippen molar-refractivity contribution in [2.75, 3.05) is 18.0 Å². The molecule has 0 radical (unpaired) electrons. The van der Waals surface area contributed by atoms with Crippen molar-refractivity contribution in [3.8, 4) is 5.75 Å². The van der Waals surface area contributed by atoms with Crippen molar-refractivity contribution in [3.63, 3.8) is 0 Å². The van der Waals surface area contributed by atoms with Gasteiger partial charge in [-0.3, -0.25) is 29.0 Å². The first kappa shape index (κ1) is 34.7. The standard InChI is InChI=1S/C45H42ClN3O5/c1-27-10-8-17-35(40(27)50)39-33-18-19-34-38(43(53)48(41(34)51)31-20-22-47(23-21-31)26-28-11-4-2-5-12-28)36(33)25-37-42(52)49(32-16-9-15-30(46)24-32)44(54)45(37,39)29-13-6-3-7-14-29/h2-18,24,31,34,36-39,50H,19-23,25-26H2,1H3/t34-,36+,37-,38-,39+,45+/m0/s1. The van der Waals surface area contributed by atoms with E-state index >= 15 is 4.79 Å². The molecule has 0 unspecified atom stereocenters. The van der Waals surface area contributed by atoms with Gasteiger partial charge in [0.1, 0.15) is 5.75 Å². The Hall–Kier alpha value is -5.05. The van der Waals surface area contributed by atoms with E-state index in [0.29, 0.717) is 46.7 Å². The first-order valence-electron chi connectivity index (χ1n) is 19.0. The summed E-state index contributed by atoms with van der Waals surface area (Å²) >= 11 is 6.43. The molecule has 3 saturated heterocycles. The third-order valence-electron chi connectivity index (χ3n) is 13.0. The summed E-state index contributed by atoms with van der Waals surface area (Å²) in [5.41, 5.74) is 2.87. The molecule has 0 bridgehead atoms. The lowest BCUT2D eigenvalue weighted by Gasteiger charge is -2.51. The minimum atomic E-state index is -1.43. The molecule has 4 aromatic carbocycles. The van der Waals surface area contributed by atoms with Gasteiger partial charge in [0.2, 0.25) is 23.6 Å². The summed E-state index contributed by atoms with van der Waals surface area (Å²) in [7, 11) is 0. The predicted octanol–water partition coefficient (Wildman–Crippen LogP) is 7.18.